The largest absolute Gasteiger partial charge is 0.490 e. The topological polar surface area (TPSA) is 83.6 Å². The lowest BCUT2D eigenvalue weighted by Gasteiger charge is -2.20. The number of likely N-dealkylation sites (N-methyl/N-ethyl adjacent to an activating group) is 1. The van der Waals surface area contributed by atoms with E-state index >= 15 is 0 Å². The Hall–Kier alpha value is -3.13. The number of carboxylic acids is 1. The number of halogens is 3. The zero-order valence-electron chi connectivity index (χ0n) is 14.3. The maximum absolute atomic E-state index is 12.5. The summed E-state index contributed by atoms with van der Waals surface area (Å²) in [4.78, 5) is 23.0. The van der Waals surface area contributed by atoms with Gasteiger partial charge in [0.15, 0.2) is 0 Å². The Morgan fingerprint density at radius 3 is 2.15 bits per heavy atom. The molecular formula is C19H17F3N2O3. The number of carbonyl (C=O) groups is 2. The van der Waals surface area contributed by atoms with Crippen LogP contribution in [0.2, 0.25) is 0 Å². The summed E-state index contributed by atoms with van der Waals surface area (Å²) in [5.74, 6) is -2.85. The third-order valence-electron chi connectivity index (χ3n) is 3.89. The Kier molecular flexibility index (Phi) is 6.02. The molecule has 1 atom stereocenters. The number of amides is 1. The number of alkyl halides is 3. The molecule has 1 heterocycles. The molecule has 1 amide bonds. The summed E-state index contributed by atoms with van der Waals surface area (Å²) in [6, 6.07) is 17.0. The van der Waals surface area contributed by atoms with E-state index in [0.717, 1.165) is 22.4 Å². The van der Waals surface area contributed by atoms with E-state index in [0.29, 0.717) is 0 Å². The standard InChI is InChI=1S/C17H16N2O.C2HF3O2/c1-19-15-10-6-5-9-13(15)11-14(16(18)17(19)20)12-7-3-2-4-8-12;3-2(4,5)1(6)7/h2-11,16H,18H2,1H3;(H,6,7). The fourth-order valence-corrected chi connectivity index (χ4v) is 2.53. The van der Waals surface area contributed by atoms with Gasteiger partial charge >= 0.3 is 12.1 Å². The number of para-hydroxylation sites is 1. The normalized spacial score (nSPS) is 16.5. The molecular weight excluding hydrogens is 361 g/mol. The van der Waals surface area contributed by atoms with Crippen LogP contribution in [0.5, 0.6) is 0 Å². The molecule has 3 N–H and O–H groups in total. The van der Waals surface area contributed by atoms with E-state index in [9.17, 15) is 18.0 Å². The van der Waals surface area contributed by atoms with Gasteiger partial charge in [0.2, 0.25) is 5.91 Å². The van der Waals surface area contributed by atoms with E-state index in [1.54, 1.807) is 11.9 Å². The molecule has 0 saturated carbocycles. The molecule has 1 aliphatic rings. The van der Waals surface area contributed by atoms with Crippen LogP contribution in [0, 0.1) is 0 Å². The van der Waals surface area contributed by atoms with Crippen molar-refractivity contribution in [2.24, 2.45) is 5.73 Å². The maximum atomic E-state index is 12.5. The lowest BCUT2D eigenvalue weighted by molar-refractivity contribution is -0.192. The number of rotatable bonds is 1. The molecule has 0 fully saturated rings. The van der Waals surface area contributed by atoms with Crippen LogP contribution in [0.15, 0.2) is 54.6 Å². The Morgan fingerprint density at radius 2 is 1.59 bits per heavy atom. The third-order valence-corrected chi connectivity index (χ3v) is 3.89. The zero-order chi connectivity index (χ0) is 20.2. The average Bonchev–Trinajstić information content (AvgIpc) is 2.73. The predicted molar refractivity (Wildman–Crippen MR) is 95.8 cm³/mol. The van der Waals surface area contributed by atoms with Gasteiger partial charge in [-0.2, -0.15) is 13.2 Å². The Balaban J connectivity index is 0.000000321. The van der Waals surface area contributed by atoms with Crippen molar-refractivity contribution in [2.75, 3.05) is 11.9 Å². The highest BCUT2D eigenvalue weighted by Crippen LogP contribution is 2.31. The first-order valence-electron chi connectivity index (χ1n) is 7.82. The summed E-state index contributed by atoms with van der Waals surface area (Å²) >= 11 is 0. The van der Waals surface area contributed by atoms with Crippen molar-refractivity contribution < 1.29 is 27.9 Å². The monoisotopic (exact) mass is 378 g/mol. The SMILES string of the molecule is CN1C(=O)C(N)C(c2ccccc2)=Cc2ccccc21.O=C(O)C(F)(F)F. The summed E-state index contributed by atoms with van der Waals surface area (Å²) in [7, 11) is 1.77. The maximum Gasteiger partial charge on any atom is 0.490 e. The number of benzene rings is 2. The van der Waals surface area contributed by atoms with Gasteiger partial charge in [0.1, 0.15) is 6.04 Å². The summed E-state index contributed by atoms with van der Waals surface area (Å²) in [5.41, 5.74) is 9.90. The van der Waals surface area contributed by atoms with Crippen LogP contribution >= 0.6 is 0 Å². The van der Waals surface area contributed by atoms with Crippen molar-refractivity contribution in [3.8, 4) is 0 Å². The van der Waals surface area contributed by atoms with Gasteiger partial charge in [-0.05, 0) is 28.8 Å². The van der Waals surface area contributed by atoms with Gasteiger partial charge in [-0.15, -0.1) is 0 Å². The van der Waals surface area contributed by atoms with Crippen molar-refractivity contribution in [3.63, 3.8) is 0 Å². The number of nitrogens with two attached hydrogens (primary N) is 1. The fraction of sp³-hybridized carbons (Fsp3) is 0.158. The average molecular weight is 378 g/mol. The molecule has 0 aliphatic carbocycles. The van der Waals surface area contributed by atoms with Crippen molar-refractivity contribution in [3.05, 3.63) is 65.7 Å². The molecule has 0 bridgehead atoms. The summed E-state index contributed by atoms with van der Waals surface area (Å²) in [6.07, 6.45) is -3.07. The quantitative estimate of drug-likeness (QED) is 0.799. The lowest BCUT2D eigenvalue weighted by atomic mass is 9.97. The minimum absolute atomic E-state index is 0.0925. The molecule has 2 aromatic carbocycles. The second-order valence-corrected chi connectivity index (χ2v) is 5.70. The van der Waals surface area contributed by atoms with Crippen molar-refractivity contribution >= 4 is 29.2 Å². The van der Waals surface area contributed by atoms with Crippen molar-refractivity contribution in [1.82, 2.24) is 0 Å². The molecule has 3 rings (SSSR count). The van der Waals surface area contributed by atoms with E-state index in [1.807, 2.05) is 60.7 Å². The number of carboxylic acid groups (broad SMARTS) is 1. The first-order chi connectivity index (χ1) is 12.6. The molecule has 0 radical (unpaired) electrons. The first kappa shape index (κ1) is 20.2. The molecule has 1 unspecified atom stereocenters. The van der Waals surface area contributed by atoms with E-state index in [-0.39, 0.29) is 5.91 Å². The number of fused-ring (bicyclic) bond motifs is 1. The van der Waals surface area contributed by atoms with Crippen LogP contribution in [0.4, 0.5) is 18.9 Å². The molecule has 0 aromatic heterocycles. The number of nitrogens with zero attached hydrogens (tertiary/aromatic N) is 1. The van der Waals surface area contributed by atoms with E-state index in [1.165, 1.54) is 0 Å². The third kappa shape index (κ3) is 4.73. The molecule has 1 aliphatic heterocycles. The van der Waals surface area contributed by atoms with E-state index in [2.05, 4.69) is 0 Å². The second kappa shape index (κ2) is 8.05. The molecule has 2 aromatic rings. The molecule has 0 saturated heterocycles. The smallest absolute Gasteiger partial charge is 0.475 e. The number of hydrogen-bond donors (Lipinski definition) is 2. The van der Waals surface area contributed by atoms with Crippen molar-refractivity contribution in [2.45, 2.75) is 12.2 Å². The Labute approximate surface area is 153 Å². The number of aliphatic carboxylic acids is 1. The zero-order valence-corrected chi connectivity index (χ0v) is 14.3. The van der Waals surface area contributed by atoms with Crippen molar-refractivity contribution in [1.29, 1.82) is 0 Å². The molecule has 5 nitrogen and oxygen atoms in total. The van der Waals surface area contributed by atoms with Crippen LogP contribution in [-0.4, -0.2) is 36.2 Å². The van der Waals surface area contributed by atoms with Crippen LogP contribution in [-0.2, 0) is 9.59 Å². The van der Waals surface area contributed by atoms with Gasteiger partial charge in [-0.25, -0.2) is 4.79 Å². The number of carbonyl (C=O) groups excluding carboxylic acids is 1. The summed E-state index contributed by atoms with van der Waals surface area (Å²) in [6.45, 7) is 0. The van der Waals surface area contributed by atoms with Gasteiger partial charge in [-0.3, -0.25) is 4.79 Å². The Bertz CT molecular complexity index is 864. The molecule has 0 spiro atoms. The predicted octanol–water partition coefficient (Wildman–Crippen LogP) is 3.16. The van der Waals surface area contributed by atoms with Gasteiger partial charge in [0, 0.05) is 7.05 Å². The lowest BCUT2D eigenvalue weighted by Crippen LogP contribution is -2.41. The van der Waals surface area contributed by atoms with E-state index < -0.39 is 18.2 Å². The van der Waals surface area contributed by atoms with Crippen LogP contribution in [0.1, 0.15) is 11.1 Å². The van der Waals surface area contributed by atoms with Crippen LogP contribution < -0.4 is 10.6 Å². The first-order valence-corrected chi connectivity index (χ1v) is 7.82. The number of anilines is 1. The highest BCUT2D eigenvalue weighted by Gasteiger charge is 2.38. The van der Waals surface area contributed by atoms with Crippen LogP contribution in [0.3, 0.4) is 0 Å². The van der Waals surface area contributed by atoms with E-state index in [4.69, 9.17) is 15.6 Å². The van der Waals surface area contributed by atoms with Crippen LogP contribution in [0.25, 0.3) is 11.6 Å². The Morgan fingerprint density at radius 1 is 1.07 bits per heavy atom. The minimum Gasteiger partial charge on any atom is -0.475 e. The summed E-state index contributed by atoms with van der Waals surface area (Å²) < 4.78 is 31.7. The van der Waals surface area contributed by atoms with Gasteiger partial charge in [0.05, 0.1) is 5.69 Å². The highest BCUT2D eigenvalue weighted by molar-refractivity contribution is 6.11. The molecule has 8 heteroatoms. The molecule has 142 valence electrons. The minimum atomic E-state index is -5.08. The summed E-state index contributed by atoms with van der Waals surface area (Å²) in [5, 5.41) is 7.12. The number of hydrogen-bond acceptors (Lipinski definition) is 3. The van der Waals surface area contributed by atoms with Gasteiger partial charge < -0.3 is 15.7 Å². The highest BCUT2D eigenvalue weighted by atomic mass is 19.4. The molecule has 27 heavy (non-hydrogen) atoms. The van der Waals surface area contributed by atoms with Gasteiger partial charge in [-0.1, -0.05) is 48.5 Å². The second-order valence-electron chi connectivity index (χ2n) is 5.70. The fourth-order valence-electron chi connectivity index (χ4n) is 2.53. The van der Waals surface area contributed by atoms with Gasteiger partial charge in [0.25, 0.3) is 0 Å².